The molecule has 4 N–H and O–H groups in total. The molecule has 3 heterocycles. The van der Waals surface area contributed by atoms with E-state index in [-0.39, 0.29) is 23.1 Å². The Morgan fingerprint density at radius 3 is 1.09 bits per heavy atom. The molecule has 0 amide bonds. The van der Waals surface area contributed by atoms with Gasteiger partial charge in [-0.05, 0) is 55.6 Å². The smallest absolute Gasteiger partial charge is 0.381 e. The van der Waals surface area contributed by atoms with Gasteiger partial charge in [0.25, 0.3) is 11.4 Å². The molecule has 0 atom stereocenters. The molecule has 1 fully saturated rings. The zero-order valence-electron chi connectivity index (χ0n) is 33.9. The molecule has 1 aliphatic heterocycles. The number of nitrogens with one attached hydrogen (secondary N) is 4. The Kier molecular flexibility index (Phi) is 21.4. The summed E-state index contributed by atoms with van der Waals surface area (Å²) in [7, 11) is 0. The molecule has 274 valence electrons. The summed E-state index contributed by atoms with van der Waals surface area (Å²) in [5, 5.41) is 0. The third kappa shape index (κ3) is 16.3. The predicted octanol–water partition coefficient (Wildman–Crippen LogP) is 7.57. The fourth-order valence-corrected chi connectivity index (χ4v) is 5.77. The number of ether oxygens (including phenoxy) is 1. The van der Waals surface area contributed by atoms with Crippen LogP contribution in [0.4, 0.5) is 11.4 Å². The SMILES string of the molecule is C1CCOC1.CC(C)c1cccc(C(C)C)c1[NH+]=Cc1cccc[nH+]1.CC(C)c1cccc(C(C)C)c1[NH+]=Cc1cccc[nH+]1.Cc1ccccc1.[Mg+2]. The number of pyridine rings is 2. The van der Waals surface area contributed by atoms with Gasteiger partial charge >= 0.3 is 23.1 Å². The van der Waals surface area contributed by atoms with Crippen LogP contribution >= 0.6 is 0 Å². The van der Waals surface area contributed by atoms with E-state index in [1.54, 1.807) is 0 Å². The maximum atomic E-state index is 4.94. The number of aromatic amines is 2. The van der Waals surface area contributed by atoms with Crippen molar-refractivity contribution in [1.29, 1.82) is 0 Å². The first-order chi connectivity index (χ1) is 25.1. The van der Waals surface area contributed by atoms with Crippen molar-refractivity contribution in [1.82, 2.24) is 0 Å². The van der Waals surface area contributed by atoms with Crippen molar-refractivity contribution in [3.63, 3.8) is 0 Å². The normalized spacial score (nSPS) is 12.2. The van der Waals surface area contributed by atoms with E-state index < -0.39 is 0 Å². The Hall–Kier alpha value is -3.97. The Labute approximate surface area is 336 Å². The minimum atomic E-state index is 0. The van der Waals surface area contributed by atoms with Gasteiger partial charge in [0.2, 0.25) is 23.8 Å². The molecule has 0 radical (unpaired) electrons. The molecule has 0 unspecified atom stereocenters. The molecule has 0 bridgehead atoms. The van der Waals surface area contributed by atoms with E-state index in [0.29, 0.717) is 23.7 Å². The molecule has 2 aromatic heterocycles. The van der Waals surface area contributed by atoms with Gasteiger partial charge in [-0.25, -0.2) is 20.0 Å². The van der Waals surface area contributed by atoms with Gasteiger partial charge in [-0.3, -0.25) is 0 Å². The molecular weight excluding hydrogens is 661 g/mol. The second kappa shape index (κ2) is 25.1. The average Bonchev–Trinajstić information content (AvgIpc) is 3.75. The molecule has 1 saturated heterocycles. The number of para-hydroxylation sites is 2. The molecule has 5 nitrogen and oxygen atoms in total. The topological polar surface area (TPSA) is 65.5 Å². The fraction of sp³-hybridized carbons (Fsp3) is 0.362. The van der Waals surface area contributed by atoms with Crippen LogP contribution in [0.3, 0.4) is 0 Å². The second-order valence-electron chi connectivity index (χ2n) is 14.4. The van der Waals surface area contributed by atoms with E-state index in [1.807, 2.05) is 67.3 Å². The number of hydrogen-bond donors (Lipinski definition) is 2. The largest absolute Gasteiger partial charge is 2.00 e. The van der Waals surface area contributed by atoms with Crippen LogP contribution in [-0.4, -0.2) is 48.7 Å². The van der Waals surface area contributed by atoms with Gasteiger partial charge in [-0.1, -0.05) is 128 Å². The number of benzene rings is 3. The maximum Gasteiger partial charge on any atom is 2.00 e. The van der Waals surface area contributed by atoms with Crippen molar-refractivity contribution in [3.05, 3.63) is 155 Å². The Morgan fingerprint density at radius 2 is 0.849 bits per heavy atom. The summed E-state index contributed by atoms with van der Waals surface area (Å²) in [5.74, 6) is 2.02. The molecular formula is C47H64MgN4O+6. The number of aryl methyl sites for hydroxylation is 1. The van der Waals surface area contributed by atoms with Crippen LogP contribution in [0, 0.1) is 6.92 Å². The van der Waals surface area contributed by atoms with E-state index in [4.69, 9.17) is 4.74 Å². The Bertz CT molecular complexity index is 1600. The summed E-state index contributed by atoms with van der Waals surface area (Å²) < 4.78 is 4.94. The molecule has 0 aliphatic carbocycles. The number of hydrogen-bond acceptors (Lipinski definition) is 1. The summed E-state index contributed by atoms with van der Waals surface area (Å²) >= 11 is 0. The molecule has 6 heteroatoms. The summed E-state index contributed by atoms with van der Waals surface area (Å²) in [6.07, 6.45) is 10.5. The number of aromatic nitrogens is 2. The van der Waals surface area contributed by atoms with Crippen LogP contribution in [0.2, 0.25) is 0 Å². The molecule has 53 heavy (non-hydrogen) atoms. The number of H-pyrrole nitrogens is 2. The summed E-state index contributed by atoms with van der Waals surface area (Å²) in [6.45, 7) is 22.0. The second-order valence-corrected chi connectivity index (χ2v) is 14.4. The monoisotopic (exact) mass is 724 g/mol. The van der Waals surface area contributed by atoms with Crippen LogP contribution in [0.15, 0.2) is 116 Å². The zero-order chi connectivity index (χ0) is 37.7. The van der Waals surface area contributed by atoms with Gasteiger partial charge in [-0.15, -0.1) is 0 Å². The molecule has 0 spiro atoms. The van der Waals surface area contributed by atoms with Crippen molar-refractivity contribution in [2.24, 2.45) is 0 Å². The number of rotatable bonds is 8. The standard InChI is InChI=1S/2C18H22N2.C7H8.C4H8O.Mg/c2*1-13(2)16-9-7-10-17(14(3)4)18(16)20-12-15-8-5-6-11-19-15;1-7-5-3-2-4-6-7;1-2-4-5-3-1;/h2*5-14H,1-4H3;2-6H,1H3;1-4H2;/q;;;;+2/p+4. The molecule has 5 aromatic rings. The van der Waals surface area contributed by atoms with Gasteiger partial charge in [-0.2, -0.15) is 0 Å². The van der Waals surface area contributed by atoms with Gasteiger partial charge in [0, 0.05) is 59.7 Å². The van der Waals surface area contributed by atoms with Crippen molar-refractivity contribution >= 4 is 46.9 Å². The minimum absolute atomic E-state index is 0. The molecule has 6 rings (SSSR count). The van der Waals surface area contributed by atoms with E-state index in [2.05, 4.69) is 143 Å². The maximum absolute atomic E-state index is 4.94. The average molecular weight is 725 g/mol. The quantitative estimate of drug-likeness (QED) is 0.126. The van der Waals surface area contributed by atoms with Crippen molar-refractivity contribution in [3.8, 4) is 0 Å². The zero-order valence-corrected chi connectivity index (χ0v) is 35.3. The van der Waals surface area contributed by atoms with Crippen LogP contribution in [0.5, 0.6) is 0 Å². The fourth-order valence-electron chi connectivity index (χ4n) is 5.77. The van der Waals surface area contributed by atoms with Crippen molar-refractivity contribution < 1.29 is 24.7 Å². The van der Waals surface area contributed by atoms with Crippen molar-refractivity contribution in [2.45, 2.75) is 98.8 Å². The first kappa shape index (κ1) is 45.2. The summed E-state index contributed by atoms with van der Waals surface area (Å²) in [5.41, 5.74) is 11.4. The third-order valence-electron chi connectivity index (χ3n) is 8.72. The van der Waals surface area contributed by atoms with E-state index >= 15 is 0 Å². The van der Waals surface area contributed by atoms with E-state index in [0.717, 1.165) is 24.6 Å². The Balaban J connectivity index is 0.000000275. The first-order valence-corrected chi connectivity index (χ1v) is 19.1. The van der Waals surface area contributed by atoms with Gasteiger partial charge in [0.1, 0.15) is 0 Å². The van der Waals surface area contributed by atoms with Gasteiger partial charge in [0.05, 0.1) is 0 Å². The van der Waals surface area contributed by atoms with E-state index in [9.17, 15) is 0 Å². The van der Waals surface area contributed by atoms with Crippen molar-refractivity contribution in [2.75, 3.05) is 13.2 Å². The minimum Gasteiger partial charge on any atom is -0.381 e. The molecule has 0 saturated carbocycles. The van der Waals surface area contributed by atoms with Crippen LogP contribution in [0.25, 0.3) is 0 Å². The predicted molar refractivity (Wildman–Crippen MR) is 224 cm³/mol. The van der Waals surface area contributed by atoms with Gasteiger partial charge < -0.3 is 4.74 Å². The molecule has 1 aliphatic rings. The van der Waals surface area contributed by atoms with Crippen LogP contribution in [0.1, 0.15) is 131 Å². The summed E-state index contributed by atoms with van der Waals surface area (Å²) in [4.78, 5) is 13.4. The van der Waals surface area contributed by atoms with Gasteiger partial charge in [0.15, 0.2) is 12.4 Å². The van der Waals surface area contributed by atoms with Crippen LogP contribution in [-0.2, 0) is 4.74 Å². The summed E-state index contributed by atoms with van der Waals surface area (Å²) in [6, 6.07) is 35.6. The third-order valence-corrected chi connectivity index (χ3v) is 8.72. The first-order valence-electron chi connectivity index (χ1n) is 19.1. The molecule has 3 aromatic carbocycles. The van der Waals surface area contributed by atoms with Crippen LogP contribution < -0.4 is 20.0 Å². The Morgan fingerprint density at radius 1 is 0.491 bits per heavy atom. The van der Waals surface area contributed by atoms with E-state index in [1.165, 1.54) is 52.0 Å².